The lowest BCUT2D eigenvalue weighted by Gasteiger charge is -2.33. The fraction of sp³-hybridized carbons (Fsp3) is 0.750. The van der Waals surface area contributed by atoms with Crippen molar-refractivity contribution >= 4 is 6.01 Å². The van der Waals surface area contributed by atoms with Crippen molar-refractivity contribution in [1.29, 1.82) is 0 Å². The number of hydrogen-bond acceptors (Lipinski definition) is 5. The van der Waals surface area contributed by atoms with Gasteiger partial charge in [-0.05, 0) is 19.8 Å². The van der Waals surface area contributed by atoms with Crippen molar-refractivity contribution in [2.24, 2.45) is 0 Å². The van der Waals surface area contributed by atoms with Crippen molar-refractivity contribution in [1.82, 2.24) is 10.1 Å². The van der Waals surface area contributed by atoms with Crippen LogP contribution in [0.5, 0.6) is 0 Å². The molecular weight excluding hydrogens is 170 g/mol. The lowest BCUT2D eigenvalue weighted by Crippen LogP contribution is -2.40. The Balaban J connectivity index is 1.81. The predicted octanol–water partition coefficient (Wildman–Crippen LogP) is 0.967. The van der Waals surface area contributed by atoms with Crippen LogP contribution in [-0.2, 0) is 4.74 Å². The van der Waals surface area contributed by atoms with Gasteiger partial charge in [-0.3, -0.25) is 0 Å². The summed E-state index contributed by atoms with van der Waals surface area (Å²) in [5, 5.41) is 6.83. The molecule has 0 amide bonds. The standard InChI is InChI=1S/C8H13N3O2/c1-5-9-8(13-11-5)10-6-3-7(4-6)12-2/h6-7H,3-4H2,1-2H3,(H,9,10,11). The van der Waals surface area contributed by atoms with E-state index in [1.807, 2.05) is 0 Å². The Hall–Kier alpha value is -1.10. The van der Waals surface area contributed by atoms with Crippen LogP contribution in [0.25, 0.3) is 0 Å². The van der Waals surface area contributed by atoms with Crippen LogP contribution in [0.4, 0.5) is 6.01 Å². The van der Waals surface area contributed by atoms with E-state index in [2.05, 4.69) is 15.5 Å². The molecule has 1 heterocycles. The lowest BCUT2D eigenvalue weighted by atomic mass is 9.89. The molecule has 0 spiro atoms. The first-order chi connectivity index (χ1) is 6.28. The van der Waals surface area contributed by atoms with E-state index >= 15 is 0 Å². The number of aryl methyl sites for hydroxylation is 1. The highest BCUT2D eigenvalue weighted by Gasteiger charge is 2.29. The first-order valence-electron chi connectivity index (χ1n) is 4.37. The molecule has 0 atom stereocenters. The van der Waals surface area contributed by atoms with Crippen LogP contribution in [0.3, 0.4) is 0 Å². The van der Waals surface area contributed by atoms with Gasteiger partial charge >= 0.3 is 6.01 Å². The van der Waals surface area contributed by atoms with Gasteiger partial charge in [-0.15, -0.1) is 0 Å². The Morgan fingerprint density at radius 2 is 2.31 bits per heavy atom. The van der Waals surface area contributed by atoms with Crippen molar-refractivity contribution in [2.45, 2.75) is 31.9 Å². The minimum atomic E-state index is 0.390. The first-order valence-corrected chi connectivity index (χ1v) is 4.37. The smallest absolute Gasteiger partial charge is 0.321 e. The molecule has 1 aromatic rings. The number of ether oxygens (including phenoxy) is 1. The fourth-order valence-electron chi connectivity index (χ4n) is 1.41. The second kappa shape index (κ2) is 3.33. The minimum absolute atomic E-state index is 0.390. The zero-order valence-corrected chi connectivity index (χ0v) is 7.78. The Bertz CT molecular complexity index is 281. The van der Waals surface area contributed by atoms with Crippen molar-refractivity contribution in [3.05, 3.63) is 5.82 Å². The summed E-state index contributed by atoms with van der Waals surface area (Å²) >= 11 is 0. The number of hydrogen-bond donors (Lipinski definition) is 1. The average molecular weight is 183 g/mol. The number of aromatic nitrogens is 2. The SMILES string of the molecule is COC1CC(Nc2nc(C)no2)C1. The molecular formula is C8H13N3O2. The third-order valence-corrected chi connectivity index (χ3v) is 2.28. The maximum absolute atomic E-state index is 5.15. The highest BCUT2D eigenvalue weighted by atomic mass is 16.5. The van der Waals surface area contributed by atoms with Crippen molar-refractivity contribution < 1.29 is 9.26 Å². The molecule has 5 heteroatoms. The molecule has 1 fully saturated rings. The van der Waals surface area contributed by atoms with E-state index in [9.17, 15) is 0 Å². The topological polar surface area (TPSA) is 60.2 Å². The molecule has 1 N–H and O–H groups in total. The second-order valence-corrected chi connectivity index (χ2v) is 3.32. The monoisotopic (exact) mass is 183 g/mol. The normalized spacial score (nSPS) is 26.9. The fourth-order valence-corrected chi connectivity index (χ4v) is 1.41. The molecule has 0 bridgehead atoms. The molecule has 1 aromatic heterocycles. The van der Waals surface area contributed by atoms with Crippen LogP contribution in [0.15, 0.2) is 4.52 Å². The highest BCUT2D eigenvalue weighted by Crippen LogP contribution is 2.25. The molecule has 72 valence electrons. The van der Waals surface area contributed by atoms with Crippen LogP contribution >= 0.6 is 0 Å². The van der Waals surface area contributed by atoms with E-state index in [0.29, 0.717) is 24.0 Å². The van der Waals surface area contributed by atoms with Gasteiger partial charge in [-0.25, -0.2) is 0 Å². The Morgan fingerprint density at radius 1 is 1.54 bits per heavy atom. The summed E-state index contributed by atoms with van der Waals surface area (Å²) in [7, 11) is 1.73. The van der Waals surface area contributed by atoms with Gasteiger partial charge in [0.1, 0.15) is 0 Å². The number of methoxy groups -OCH3 is 1. The van der Waals surface area contributed by atoms with E-state index in [0.717, 1.165) is 12.8 Å². The summed E-state index contributed by atoms with van der Waals surface area (Å²) < 4.78 is 10.1. The van der Waals surface area contributed by atoms with Gasteiger partial charge in [-0.2, -0.15) is 4.98 Å². The van der Waals surface area contributed by atoms with Gasteiger partial charge in [-0.1, -0.05) is 5.16 Å². The third kappa shape index (κ3) is 1.80. The maximum atomic E-state index is 5.15. The molecule has 0 unspecified atom stereocenters. The zero-order chi connectivity index (χ0) is 9.26. The van der Waals surface area contributed by atoms with Gasteiger partial charge < -0.3 is 14.6 Å². The van der Waals surface area contributed by atoms with Gasteiger partial charge in [0.25, 0.3) is 0 Å². The zero-order valence-electron chi connectivity index (χ0n) is 7.78. The van der Waals surface area contributed by atoms with E-state index in [-0.39, 0.29) is 0 Å². The summed E-state index contributed by atoms with van der Waals surface area (Å²) in [4.78, 5) is 4.05. The number of rotatable bonds is 3. The van der Waals surface area contributed by atoms with Crippen molar-refractivity contribution in [2.75, 3.05) is 12.4 Å². The van der Waals surface area contributed by atoms with Crippen molar-refractivity contribution in [3.8, 4) is 0 Å². The Morgan fingerprint density at radius 3 is 2.85 bits per heavy atom. The molecule has 1 saturated carbocycles. The molecule has 1 aliphatic rings. The molecule has 1 aliphatic carbocycles. The highest BCUT2D eigenvalue weighted by molar-refractivity contribution is 5.22. The van der Waals surface area contributed by atoms with Crippen LogP contribution in [0.2, 0.25) is 0 Å². The Labute approximate surface area is 76.5 Å². The predicted molar refractivity (Wildman–Crippen MR) is 46.5 cm³/mol. The lowest BCUT2D eigenvalue weighted by molar-refractivity contribution is 0.0322. The summed E-state index contributed by atoms with van der Waals surface area (Å²) in [6.45, 7) is 1.80. The molecule has 13 heavy (non-hydrogen) atoms. The van der Waals surface area contributed by atoms with E-state index in [1.165, 1.54) is 0 Å². The van der Waals surface area contributed by atoms with Crippen LogP contribution in [-0.4, -0.2) is 29.4 Å². The maximum Gasteiger partial charge on any atom is 0.321 e. The minimum Gasteiger partial charge on any atom is -0.381 e. The summed E-state index contributed by atoms with van der Waals surface area (Å²) in [5.41, 5.74) is 0. The van der Waals surface area contributed by atoms with Crippen LogP contribution < -0.4 is 5.32 Å². The molecule has 5 nitrogen and oxygen atoms in total. The molecule has 0 saturated heterocycles. The third-order valence-electron chi connectivity index (χ3n) is 2.28. The first kappa shape index (κ1) is 8.50. The van der Waals surface area contributed by atoms with E-state index in [1.54, 1.807) is 14.0 Å². The van der Waals surface area contributed by atoms with Gasteiger partial charge in [0, 0.05) is 13.2 Å². The molecule has 0 aromatic carbocycles. The van der Waals surface area contributed by atoms with Crippen LogP contribution in [0.1, 0.15) is 18.7 Å². The largest absolute Gasteiger partial charge is 0.381 e. The number of nitrogens with zero attached hydrogens (tertiary/aromatic N) is 2. The quantitative estimate of drug-likeness (QED) is 0.756. The average Bonchev–Trinajstić information content (AvgIpc) is 2.43. The summed E-state index contributed by atoms with van der Waals surface area (Å²) in [6.07, 6.45) is 2.41. The van der Waals surface area contributed by atoms with Gasteiger partial charge in [0.15, 0.2) is 5.82 Å². The Kier molecular flexibility index (Phi) is 2.18. The van der Waals surface area contributed by atoms with Gasteiger partial charge in [0.2, 0.25) is 0 Å². The molecule has 0 radical (unpaired) electrons. The second-order valence-electron chi connectivity index (χ2n) is 3.32. The summed E-state index contributed by atoms with van der Waals surface area (Å²) in [5.74, 6) is 0.658. The molecule has 2 rings (SSSR count). The number of nitrogens with one attached hydrogen (secondary N) is 1. The van der Waals surface area contributed by atoms with Crippen molar-refractivity contribution in [3.63, 3.8) is 0 Å². The number of anilines is 1. The van der Waals surface area contributed by atoms with E-state index in [4.69, 9.17) is 9.26 Å². The molecule has 0 aliphatic heterocycles. The van der Waals surface area contributed by atoms with Crippen LogP contribution in [0, 0.1) is 6.92 Å². The van der Waals surface area contributed by atoms with E-state index < -0.39 is 0 Å². The summed E-state index contributed by atoms with van der Waals surface area (Å²) in [6, 6.07) is 0.932. The van der Waals surface area contributed by atoms with Gasteiger partial charge in [0.05, 0.1) is 6.10 Å².